The van der Waals surface area contributed by atoms with Crippen molar-refractivity contribution in [2.24, 2.45) is 0 Å². The van der Waals surface area contributed by atoms with Gasteiger partial charge in [0.1, 0.15) is 0 Å². The molecule has 0 heterocycles. The van der Waals surface area contributed by atoms with Gasteiger partial charge in [0.05, 0.1) is 7.11 Å². The molecule has 2 aromatic carbocycles. The smallest absolute Gasteiger partial charge is 0.339 e. The quantitative estimate of drug-likeness (QED) is 0.383. The first-order chi connectivity index (χ1) is 13.4. The van der Waals surface area contributed by atoms with Gasteiger partial charge in [0, 0.05) is 11.1 Å². The first-order valence-corrected chi connectivity index (χ1v) is 8.19. The molecule has 0 radical (unpaired) electrons. The Hall–Kier alpha value is -3.36. The topological polar surface area (TPSA) is 127 Å². The molecule has 8 nitrogen and oxygen atoms in total. The maximum absolute atomic E-state index is 12.7. The minimum atomic E-state index is -2.33. The van der Waals surface area contributed by atoms with Crippen LogP contribution in [0.5, 0.6) is 0 Å². The summed E-state index contributed by atoms with van der Waals surface area (Å²) in [7, 11) is 0.949. The number of carbonyl (C=O) groups is 4. The summed E-state index contributed by atoms with van der Waals surface area (Å²) in [6.45, 7) is 0. The third-order valence-corrected chi connectivity index (χ3v) is 3.81. The van der Waals surface area contributed by atoms with Crippen LogP contribution < -0.4 is 0 Å². The molecule has 28 heavy (non-hydrogen) atoms. The Bertz CT molecular complexity index is 796. The van der Waals surface area contributed by atoms with Gasteiger partial charge in [-0.3, -0.25) is 9.59 Å². The van der Waals surface area contributed by atoms with Gasteiger partial charge in [0.2, 0.25) is 17.7 Å². The lowest BCUT2D eigenvalue weighted by Crippen LogP contribution is -2.45. The summed E-state index contributed by atoms with van der Waals surface area (Å²) in [6, 6.07) is 15.3. The van der Waals surface area contributed by atoms with Gasteiger partial charge >= 0.3 is 11.9 Å². The van der Waals surface area contributed by atoms with Crippen LogP contribution in [0.15, 0.2) is 60.7 Å². The van der Waals surface area contributed by atoms with Crippen LogP contribution >= 0.6 is 0 Å². The second-order valence-corrected chi connectivity index (χ2v) is 5.69. The van der Waals surface area contributed by atoms with Gasteiger partial charge < -0.3 is 19.7 Å². The summed E-state index contributed by atoms with van der Waals surface area (Å²) in [5, 5.41) is 19.4. The minimum absolute atomic E-state index is 0.104. The first-order valence-electron chi connectivity index (χ1n) is 8.19. The van der Waals surface area contributed by atoms with Crippen molar-refractivity contribution in [3.63, 3.8) is 0 Å². The monoisotopic (exact) mass is 386 g/mol. The van der Waals surface area contributed by atoms with E-state index >= 15 is 0 Å². The lowest BCUT2D eigenvalue weighted by atomic mass is 9.98. The zero-order valence-electron chi connectivity index (χ0n) is 14.8. The third kappa shape index (κ3) is 4.87. The molecule has 0 saturated heterocycles. The van der Waals surface area contributed by atoms with E-state index in [9.17, 15) is 29.4 Å². The molecule has 0 aliphatic carbocycles. The summed E-state index contributed by atoms with van der Waals surface area (Å²) >= 11 is 0. The largest absolute Gasteiger partial charge is 0.467 e. The number of methoxy groups -OCH3 is 1. The molecular weight excluding hydrogens is 368 g/mol. The minimum Gasteiger partial charge on any atom is -0.467 e. The van der Waals surface area contributed by atoms with Crippen molar-refractivity contribution in [2.75, 3.05) is 7.11 Å². The lowest BCUT2D eigenvalue weighted by Gasteiger charge is -2.20. The van der Waals surface area contributed by atoms with Crippen molar-refractivity contribution >= 4 is 23.5 Å². The van der Waals surface area contributed by atoms with Crippen molar-refractivity contribution in [3.8, 4) is 0 Å². The van der Waals surface area contributed by atoms with E-state index < -0.39 is 41.8 Å². The summed E-state index contributed by atoms with van der Waals surface area (Å²) in [5.74, 6) is -4.42. The summed E-state index contributed by atoms with van der Waals surface area (Å²) in [4.78, 5) is 48.9. The molecule has 146 valence electrons. The van der Waals surface area contributed by atoms with Crippen molar-refractivity contribution < 1.29 is 38.9 Å². The second-order valence-electron chi connectivity index (χ2n) is 5.69. The highest BCUT2D eigenvalue weighted by Gasteiger charge is 2.38. The average molecular weight is 386 g/mol. The van der Waals surface area contributed by atoms with E-state index in [4.69, 9.17) is 4.74 Å². The molecule has 0 aliphatic heterocycles. The Morgan fingerprint density at radius 3 is 1.50 bits per heavy atom. The van der Waals surface area contributed by atoms with E-state index in [1.807, 2.05) is 0 Å². The molecular formula is C20H18O8. The number of aliphatic hydroxyl groups is 2. The summed E-state index contributed by atoms with van der Waals surface area (Å²) in [5.41, 5.74) is 0.208. The zero-order valence-corrected chi connectivity index (χ0v) is 14.8. The van der Waals surface area contributed by atoms with Crippen LogP contribution in [-0.4, -0.2) is 59.1 Å². The fraction of sp³-hybridized carbons (Fsp3) is 0.200. The predicted octanol–water partition coefficient (Wildman–Crippen LogP) is 0.559. The highest BCUT2D eigenvalue weighted by atomic mass is 16.6. The van der Waals surface area contributed by atoms with Crippen LogP contribution in [0.1, 0.15) is 20.7 Å². The van der Waals surface area contributed by atoms with Crippen LogP contribution in [0, 0.1) is 0 Å². The van der Waals surface area contributed by atoms with Gasteiger partial charge in [-0.05, 0) is 0 Å². The van der Waals surface area contributed by atoms with Gasteiger partial charge in [0.25, 0.3) is 0 Å². The third-order valence-electron chi connectivity index (χ3n) is 3.81. The first kappa shape index (κ1) is 20.9. The summed E-state index contributed by atoms with van der Waals surface area (Å²) < 4.78 is 9.14. The SMILES string of the molecule is COC(=O)C(O)C(O)C(=O)OC(C(=O)c1ccccc1)C(=O)c1ccccc1. The standard InChI is InChI=1S/C20H18O8/c1-27-19(25)16(23)17(24)20(26)28-18(14(21)12-8-4-2-5-9-12)15(22)13-10-6-3-7-11-13/h2-11,16-18,23-24H,1H3. The van der Waals surface area contributed by atoms with Crippen molar-refractivity contribution in [3.05, 3.63) is 71.8 Å². The molecule has 0 amide bonds. The van der Waals surface area contributed by atoms with Crippen LogP contribution in [0.4, 0.5) is 0 Å². The van der Waals surface area contributed by atoms with Gasteiger partial charge in [-0.25, -0.2) is 9.59 Å². The Morgan fingerprint density at radius 1 is 0.714 bits per heavy atom. The molecule has 2 N–H and O–H groups in total. The van der Waals surface area contributed by atoms with Crippen LogP contribution in [0.3, 0.4) is 0 Å². The molecule has 0 saturated carbocycles. The van der Waals surface area contributed by atoms with E-state index in [0.29, 0.717) is 0 Å². The number of rotatable bonds is 8. The number of carbonyl (C=O) groups excluding carboxylic acids is 4. The molecule has 0 fully saturated rings. The average Bonchev–Trinajstić information content (AvgIpc) is 2.75. The van der Waals surface area contributed by atoms with E-state index in [1.165, 1.54) is 24.3 Å². The van der Waals surface area contributed by atoms with Crippen LogP contribution in [-0.2, 0) is 19.1 Å². The number of hydrogen-bond donors (Lipinski definition) is 2. The second kappa shape index (κ2) is 9.54. The number of hydrogen-bond acceptors (Lipinski definition) is 8. The Balaban J connectivity index is 2.30. The van der Waals surface area contributed by atoms with E-state index in [-0.39, 0.29) is 11.1 Å². The van der Waals surface area contributed by atoms with Gasteiger partial charge in [-0.1, -0.05) is 60.7 Å². The Kier molecular flexibility index (Phi) is 7.14. The lowest BCUT2D eigenvalue weighted by molar-refractivity contribution is -0.172. The maximum Gasteiger partial charge on any atom is 0.339 e. The van der Waals surface area contributed by atoms with E-state index in [2.05, 4.69) is 4.74 Å². The number of esters is 2. The number of ether oxygens (including phenoxy) is 2. The van der Waals surface area contributed by atoms with Gasteiger partial charge in [-0.15, -0.1) is 0 Å². The van der Waals surface area contributed by atoms with E-state index in [1.54, 1.807) is 36.4 Å². The molecule has 0 aliphatic rings. The molecule has 2 rings (SSSR count). The number of Topliss-reactive ketones (excluding diaryl/α,β-unsaturated/α-hetero) is 2. The van der Waals surface area contributed by atoms with Gasteiger partial charge in [-0.2, -0.15) is 0 Å². The normalized spacial score (nSPS) is 12.7. The van der Waals surface area contributed by atoms with Crippen LogP contribution in [0.2, 0.25) is 0 Å². The molecule has 8 heteroatoms. The van der Waals surface area contributed by atoms with Crippen molar-refractivity contribution in [2.45, 2.75) is 18.3 Å². The Morgan fingerprint density at radius 2 is 1.11 bits per heavy atom. The van der Waals surface area contributed by atoms with Crippen LogP contribution in [0.25, 0.3) is 0 Å². The van der Waals surface area contributed by atoms with Crippen molar-refractivity contribution in [1.82, 2.24) is 0 Å². The molecule has 2 aromatic rings. The summed E-state index contributed by atoms with van der Waals surface area (Å²) in [6.07, 6.45) is -6.46. The maximum atomic E-state index is 12.7. The molecule has 0 spiro atoms. The fourth-order valence-electron chi connectivity index (χ4n) is 2.30. The van der Waals surface area contributed by atoms with Gasteiger partial charge in [0.15, 0.2) is 12.2 Å². The molecule has 0 aromatic heterocycles. The number of benzene rings is 2. The Labute approximate surface area is 160 Å². The van der Waals surface area contributed by atoms with Crippen molar-refractivity contribution in [1.29, 1.82) is 0 Å². The highest BCUT2D eigenvalue weighted by molar-refractivity contribution is 6.19. The zero-order chi connectivity index (χ0) is 20.7. The molecule has 2 atom stereocenters. The van der Waals surface area contributed by atoms with E-state index in [0.717, 1.165) is 7.11 Å². The molecule has 0 bridgehead atoms. The predicted molar refractivity (Wildman–Crippen MR) is 95.5 cm³/mol. The number of aliphatic hydroxyl groups excluding tert-OH is 2. The number of ketones is 2. The molecule has 2 unspecified atom stereocenters. The highest BCUT2D eigenvalue weighted by Crippen LogP contribution is 2.14. The fourth-order valence-corrected chi connectivity index (χ4v) is 2.30.